The molecule has 14 heteroatoms. The molecule has 190 valence electrons. The number of fused-ring (bicyclic) bond motifs is 1. The van der Waals surface area contributed by atoms with Gasteiger partial charge in [-0.3, -0.25) is 9.69 Å². The number of amides is 1. The monoisotopic (exact) mass is 503 g/mol. The number of aromatic nitrogens is 2. The summed E-state index contributed by atoms with van der Waals surface area (Å²) < 4.78 is 49.9. The van der Waals surface area contributed by atoms with Gasteiger partial charge in [0.1, 0.15) is 18.2 Å². The Morgan fingerprint density at radius 2 is 2.06 bits per heavy atom. The minimum absolute atomic E-state index is 0.0282. The van der Waals surface area contributed by atoms with Crippen LogP contribution in [0.2, 0.25) is 0 Å². The van der Waals surface area contributed by atoms with Crippen LogP contribution in [0.3, 0.4) is 0 Å². The van der Waals surface area contributed by atoms with E-state index in [4.69, 9.17) is 16.4 Å². The number of alkyl halides is 2. The molecule has 4 N–H and O–H groups in total. The van der Waals surface area contributed by atoms with Gasteiger partial charge in [-0.05, 0) is 24.1 Å². The topological polar surface area (TPSA) is 150 Å². The van der Waals surface area contributed by atoms with Gasteiger partial charge in [0.2, 0.25) is 5.95 Å². The first-order valence-electron chi connectivity index (χ1n) is 11.0. The minimum atomic E-state index is -3.85. The van der Waals surface area contributed by atoms with E-state index in [1.165, 1.54) is 6.07 Å². The average molecular weight is 503 g/mol. The summed E-state index contributed by atoms with van der Waals surface area (Å²) in [6, 6.07) is 4.42. The Morgan fingerprint density at radius 3 is 2.72 bits per heavy atom. The molecule has 2 atom stereocenters. The number of carbonyl (C=O) groups excluding carboxylic acids is 1. The van der Waals surface area contributed by atoms with Crippen LogP contribution in [-0.4, -0.2) is 70.8 Å². The van der Waals surface area contributed by atoms with Crippen LogP contribution in [0.25, 0.3) is 0 Å². The molecule has 2 aromatic rings. The number of hydrazine groups is 1. The van der Waals surface area contributed by atoms with Crippen LogP contribution in [0.15, 0.2) is 29.6 Å². The molecule has 3 heterocycles. The lowest BCUT2D eigenvalue weighted by atomic mass is 9.96. The fourth-order valence-electron chi connectivity index (χ4n) is 4.40. The zero-order valence-electron chi connectivity index (χ0n) is 19.3. The van der Waals surface area contributed by atoms with E-state index in [9.17, 15) is 14.4 Å². The zero-order chi connectivity index (χ0) is 26.0. The Morgan fingerprint density at radius 1 is 1.33 bits per heavy atom. The summed E-state index contributed by atoms with van der Waals surface area (Å²) in [5, 5.41) is 13.3. The van der Waals surface area contributed by atoms with Crippen LogP contribution in [0.5, 0.6) is 0 Å². The van der Waals surface area contributed by atoms with Crippen molar-refractivity contribution in [3.63, 3.8) is 0 Å². The highest BCUT2D eigenvalue weighted by molar-refractivity contribution is 5.85. The van der Waals surface area contributed by atoms with E-state index in [-0.39, 0.29) is 37.3 Å². The number of benzene rings is 1. The van der Waals surface area contributed by atoms with Crippen molar-refractivity contribution in [2.45, 2.75) is 25.0 Å². The summed E-state index contributed by atoms with van der Waals surface area (Å²) in [6.45, 7) is 2.77. The molecule has 2 aliphatic rings. The lowest BCUT2D eigenvalue weighted by molar-refractivity contribution is -0.166. The summed E-state index contributed by atoms with van der Waals surface area (Å²) in [5.74, 6) is 4.60. The van der Waals surface area contributed by atoms with E-state index in [1.807, 2.05) is 6.07 Å². The predicted molar refractivity (Wildman–Crippen MR) is 122 cm³/mol. The number of halogens is 3. The van der Waals surface area contributed by atoms with Crippen LogP contribution < -0.4 is 16.7 Å². The Hall–Kier alpha value is -3.80. The van der Waals surface area contributed by atoms with Gasteiger partial charge in [-0.15, -0.1) is 0 Å². The number of rotatable bonds is 5. The molecular formula is C22H24F3N9O2. The van der Waals surface area contributed by atoms with E-state index in [1.54, 1.807) is 13.0 Å². The Labute approximate surface area is 204 Å². The standard InChI is InChI=1S/C22H24F3N9O2/c1-13-16(2-3-18(23)17(13)6-26)19-10-32-4-5-33(9-15(32)11-36-19)20(35)22(24,25)14-7-29-21(30-8-14)34(28)12-31-27/h2-3,7-8,12,15,19H,4-5,9-11,27-28H2,1H3/b31-12-. The van der Waals surface area contributed by atoms with Crippen molar-refractivity contribution in [1.29, 1.82) is 5.26 Å². The molecule has 2 fully saturated rings. The van der Waals surface area contributed by atoms with Gasteiger partial charge in [-0.1, -0.05) is 6.07 Å². The number of hydrogen-bond donors (Lipinski definition) is 2. The molecule has 4 rings (SSSR count). The van der Waals surface area contributed by atoms with Gasteiger partial charge in [0.15, 0.2) is 0 Å². The second kappa shape index (κ2) is 10.1. The number of anilines is 1. The van der Waals surface area contributed by atoms with Gasteiger partial charge in [0.25, 0.3) is 5.91 Å². The summed E-state index contributed by atoms with van der Waals surface area (Å²) in [5.41, 5.74) is 0.515. The predicted octanol–water partition coefficient (Wildman–Crippen LogP) is 0.754. The second-order valence-electron chi connectivity index (χ2n) is 8.49. The molecule has 1 aromatic heterocycles. The van der Waals surface area contributed by atoms with E-state index in [0.717, 1.165) is 28.6 Å². The normalized spacial score (nSPS) is 20.7. The highest BCUT2D eigenvalue weighted by Gasteiger charge is 2.47. The van der Waals surface area contributed by atoms with Gasteiger partial charge in [0.05, 0.1) is 29.9 Å². The fourth-order valence-corrected chi connectivity index (χ4v) is 4.40. The highest BCUT2D eigenvalue weighted by atomic mass is 19.3. The summed E-state index contributed by atoms with van der Waals surface area (Å²) in [4.78, 5) is 23.4. The van der Waals surface area contributed by atoms with Gasteiger partial charge < -0.3 is 15.5 Å². The van der Waals surface area contributed by atoms with Crippen LogP contribution >= 0.6 is 0 Å². The van der Waals surface area contributed by atoms with Gasteiger partial charge in [-0.2, -0.15) is 19.1 Å². The number of piperazine rings is 1. The molecule has 0 spiro atoms. The summed E-state index contributed by atoms with van der Waals surface area (Å²) in [6.07, 6.45) is 2.25. The molecule has 0 saturated carbocycles. The molecule has 1 amide bonds. The maximum absolute atomic E-state index is 15.0. The Balaban J connectivity index is 1.42. The molecular weight excluding hydrogens is 479 g/mol. The van der Waals surface area contributed by atoms with Crippen molar-refractivity contribution in [2.24, 2.45) is 16.8 Å². The minimum Gasteiger partial charge on any atom is -0.370 e. The third-order valence-electron chi connectivity index (χ3n) is 6.39. The molecule has 0 radical (unpaired) electrons. The van der Waals surface area contributed by atoms with Gasteiger partial charge >= 0.3 is 5.92 Å². The SMILES string of the molecule is Cc1c(C2CN3CCN(C(=O)C(F)(F)c4cnc(N(N)/C=N\N)nc4)CC3CO2)ccc(F)c1C#N. The van der Waals surface area contributed by atoms with Crippen LogP contribution in [0.1, 0.15) is 28.4 Å². The molecule has 1 aromatic carbocycles. The molecule has 2 saturated heterocycles. The number of hydrogen-bond acceptors (Lipinski definition) is 9. The zero-order valence-corrected chi connectivity index (χ0v) is 19.3. The number of hydrazone groups is 1. The smallest absolute Gasteiger partial charge is 0.352 e. The molecule has 2 unspecified atom stereocenters. The number of nitrogens with two attached hydrogens (primary N) is 2. The maximum atomic E-state index is 15.0. The van der Waals surface area contributed by atoms with Crippen molar-refractivity contribution in [1.82, 2.24) is 19.8 Å². The van der Waals surface area contributed by atoms with Gasteiger partial charge in [0, 0.05) is 38.6 Å². The third kappa shape index (κ3) is 4.68. The molecule has 0 bridgehead atoms. The average Bonchev–Trinajstić information content (AvgIpc) is 2.88. The number of carbonyl (C=O) groups is 1. The molecule has 11 nitrogen and oxygen atoms in total. The van der Waals surface area contributed by atoms with Crippen LogP contribution in [0, 0.1) is 24.1 Å². The van der Waals surface area contributed by atoms with E-state index in [0.29, 0.717) is 24.2 Å². The van der Waals surface area contributed by atoms with E-state index >= 15 is 8.78 Å². The Bertz CT molecular complexity index is 1200. The van der Waals surface area contributed by atoms with Gasteiger partial charge in [-0.25, -0.2) is 25.2 Å². The lowest BCUT2D eigenvalue weighted by Crippen LogP contribution is -2.61. The number of ether oxygens (including phenoxy) is 1. The van der Waals surface area contributed by atoms with Crippen molar-refractivity contribution < 1.29 is 22.7 Å². The lowest BCUT2D eigenvalue weighted by Gasteiger charge is -2.46. The van der Waals surface area contributed by atoms with E-state index in [2.05, 4.69) is 20.0 Å². The molecule has 2 aliphatic heterocycles. The summed E-state index contributed by atoms with van der Waals surface area (Å²) >= 11 is 0. The first-order valence-corrected chi connectivity index (χ1v) is 11.0. The van der Waals surface area contributed by atoms with E-state index < -0.39 is 29.3 Å². The number of nitriles is 1. The fraction of sp³-hybridized carbons (Fsp3) is 0.409. The highest BCUT2D eigenvalue weighted by Crippen LogP contribution is 2.34. The van der Waals surface area contributed by atoms with Crippen molar-refractivity contribution in [3.05, 3.63) is 52.6 Å². The first kappa shape index (κ1) is 25.3. The number of morpholine rings is 1. The van der Waals surface area contributed by atoms with Crippen LogP contribution in [0.4, 0.5) is 19.1 Å². The molecule has 0 aliphatic carbocycles. The van der Waals surface area contributed by atoms with Crippen molar-refractivity contribution in [3.8, 4) is 6.07 Å². The van der Waals surface area contributed by atoms with Crippen LogP contribution in [-0.2, 0) is 15.5 Å². The number of nitrogens with zero attached hydrogens (tertiary/aromatic N) is 7. The third-order valence-corrected chi connectivity index (χ3v) is 6.39. The largest absolute Gasteiger partial charge is 0.370 e. The second-order valence-corrected chi connectivity index (χ2v) is 8.49. The Kier molecular flexibility index (Phi) is 7.07. The van der Waals surface area contributed by atoms with Crippen molar-refractivity contribution in [2.75, 3.05) is 37.8 Å². The summed E-state index contributed by atoms with van der Waals surface area (Å²) in [7, 11) is 0. The molecule has 36 heavy (non-hydrogen) atoms. The maximum Gasteiger partial charge on any atom is 0.352 e. The van der Waals surface area contributed by atoms with Crippen molar-refractivity contribution >= 4 is 18.2 Å². The first-order chi connectivity index (χ1) is 17.2. The quantitative estimate of drug-likeness (QED) is 0.261.